The molecule has 0 aromatic heterocycles. The van der Waals surface area contributed by atoms with Crippen LogP contribution in [0.1, 0.15) is 47.7 Å². The summed E-state index contributed by atoms with van der Waals surface area (Å²) < 4.78 is 5.41. The first-order valence-electron chi connectivity index (χ1n) is 8.42. The van der Waals surface area contributed by atoms with Crippen molar-refractivity contribution in [1.29, 1.82) is 0 Å². The molecular formula is C19H20O7. The van der Waals surface area contributed by atoms with Gasteiger partial charge < -0.3 is 20.1 Å². The van der Waals surface area contributed by atoms with E-state index in [4.69, 9.17) is 4.74 Å². The van der Waals surface area contributed by atoms with Crippen LogP contribution >= 0.6 is 0 Å². The number of aromatic hydroxyl groups is 1. The fourth-order valence-corrected chi connectivity index (χ4v) is 3.75. The molecule has 0 amide bonds. The Morgan fingerprint density at radius 1 is 1.27 bits per heavy atom. The van der Waals surface area contributed by atoms with Crippen LogP contribution in [0.15, 0.2) is 18.2 Å². The third-order valence-electron chi connectivity index (χ3n) is 5.12. The van der Waals surface area contributed by atoms with Gasteiger partial charge in [0.25, 0.3) is 0 Å². The lowest BCUT2D eigenvalue weighted by atomic mass is 9.69. The topological polar surface area (TPSA) is 121 Å². The molecular weight excluding hydrogens is 340 g/mol. The molecule has 0 radical (unpaired) electrons. The van der Waals surface area contributed by atoms with Crippen molar-refractivity contribution in [1.82, 2.24) is 0 Å². The average molecular weight is 360 g/mol. The molecule has 0 spiro atoms. The summed E-state index contributed by atoms with van der Waals surface area (Å²) in [6.45, 7) is 1.22. The number of hydrogen-bond donors (Lipinski definition) is 3. The van der Waals surface area contributed by atoms with Gasteiger partial charge in [-0.15, -0.1) is 0 Å². The molecule has 3 N–H and O–H groups in total. The van der Waals surface area contributed by atoms with Crippen LogP contribution < -0.4 is 0 Å². The van der Waals surface area contributed by atoms with Crippen molar-refractivity contribution in [2.45, 2.75) is 44.5 Å². The maximum absolute atomic E-state index is 12.6. The van der Waals surface area contributed by atoms with Crippen LogP contribution in [0, 0.1) is 5.92 Å². The number of fused-ring (bicyclic) bond motifs is 2. The summed E-state index contributed by atoms with van der Waals surface area (Å²) in [7, 11) is 0. The van der Waals surface area contributed by atoms with E-state index in [1.165, 1.54) is 24.3 Å². The minimum absolute atomic E-state index is 0.000881. The molecule has 1 aliphatic heterocycles. The summed E-state index contributed by atoms with van der Waals surface area (Å²) in [4.78, 5) is 36.7. The number of hydrogen-bond acceptors (Lipinski definition) is 7. The van der Waals surface area contributed by atoms with E-state index in [0.29, 0.717) is 11.1 Å². The highest BCUT2D eigenvalue weighted by atomic mass is 16.5. The smallest absolute Gasteiger partial charge is 0.342 e. The summed E-state index contributed by atoms with van der Waals surface area (Å²) in [6, 6.07) is 2.79. The molecule has 1 aliphatic carbocycles. The van der Waals surface area contributed by atoms with Crippen LogP contribution in [0.25, 0.3) is 6.08 Å². The van der Waals surface area contributed by atoms with Crippen molar-refractivity contribution in [2.24, 2.45) is 5.92 Å². The molecule has 1 aromatic rings. The van der Waals surface area contributed by atoms with E-state index in [1.54, 1.807) is 6.92 Å². The lowest BCUT2D eigenvalue weighted by Crippen LogP contribution is -2.56. The number of Topliss-reactive ketones (excluding diaryl/α,β-unsaturated/α-hetero) is 2. The zero-order chi connectivity index (χ0) is 19.1. The van der Waals surface area contributed by atoms with E-state index in [1.807, 2.05) is 0 Å². The second-order valence-corrected chi connectivity index (χ2v) is 6.78. The first-order valence-corrected chi connectivity index (χ1v) is 8.42. The molecule has 7 heteroatoms. The molecule has 1 saturated carbocycles. The summed E-state index contributed by atoms with van der Waals surface area (Å²) in [6.07, 6.45) is 2.24. The fourth-order valence-electron chi connectivity index (χ4n) is 3.75. The number of aliphatic hydroxyl groups is 2. The zero-order valence-electron chi connectivity index (χ0n) is 14.3. The Kier molecular flexibility index (Phi) is 4.68. The van der Waals surface area contributed by atoms with Gasteiger partial charge in [-0.2, -0.15) is 0 Å². The number of ether oxygens (including phenoxy) is 1. The SMILES string of the molecule is C[C@@H]1OC(=O)c2c(O)cc(CO)cc2C=CC[C@]2(O)C(=O)C(=O)CCC12. The van der Waals surface area contributed by atoms with Crippen molar-refractivity contribution >= 4 is 23.6 Å². The molecule has 1 heterocycles. The van der Waals surface area contributed by atoms with Gasteiger partial charge in [0.1, 0.15) is 23.0 Å². The second-order valence-electron chi connectivity index (χ2n) is 6.78. The maximum atomic E-state index is 12.6. The minimum atomic E-state index is -1.93. The molecule has 2 aliphatic rings. The number of carbonyl (C=O) groups excluding carboxylic acids is 3. The van der Waals surface area contributed by atoms with E-state index in [9.17, 15) is 29.7 Å². The zero-order valence-corrected chi connectivity index (χ0v) is 14.3. The van der Waals surface area contributed by atoms with Gasteiger partial charge in [0.2, 0.25) is 11.6 Å². The van der Waals surface area contributed by atoms with E-state index < -0.39 is 35.2 Å². The summed E-state index contributed by atoms with van der Waals surface area (Å²) in [5, 5.41) is 30.4. The highest BCUT2D eigenvalue weighted by molar-refractivity contribution is 6.41. The van der Waals surface area contributed by atoms with E-state index in [2.05, 4.69) is 0 Å². The van der Waals surface area contributed by atoms with Gasteiger partial charge in [0, 0.05) is 18.8 Å². The summed E-state index contributed by atoms with van der Waals surface area (Å²) in [5.74, 6) is -3.34. The number of aliphatic hydroxyl groups excluding tert-OH is 1. The van der Waals surface area contributed by atoms with Crippen molar-refractivity contribution in [3.05, 3.63) is 34.9 Å². The average Bonchev–Trinajstić information content (AvgIpc) is 2.58. The number of benzene rings is 1. The molecule has 26 heavy (non-hydrogen) atoms. The van der Waals surface area contributed by atoms with E-state index >= 15 is 0 Å². The normalized spacial score (nSPS) is 29.0. The van der Waals surface area contributed by atoms with Crippen LogP contribution in [0.4, 0.5) is 0 Å². The number of cyclic esters (lactones) is 1. The monoisotopic (exact) mass is 360 g/mol. The third-order valence-corrected chi connectivity index (χ3v) is 5.12. The highest BCUT2D eigenvalue weighted by Gasteiger charge is 2.52. The van der Waals surface area contributed by atoms with Crippen molar-refractivity contribution in [3.63, 3.8) is 0 Å². The number of ketones is 2. The predicted octanol–water partition coefficient (Wildman–Crippen LogP) is 1.13. The fraction of sp³-hybridized carbons (Fsp3) is 0.421. The Labute approximate surface area is 149 Å². The Bertz CT molecular complexity index is 810. The summed E-state index contributed by atoms with van der Waals surface area (Å²) >= 11 is 0. The van der Waals surface area contributed by atoms with Gasteiger partial charge in [-0.3, -0.25) is 9.59 Å². The van der Waals surface area contributed by atoms with Gasteiger partial charge in [0.15, 0.2) is 0 Å². The van der Waals surface area contributed by atoms with Crippen molar-refractivity contribution < 1.29 is 34.4 Å². The van der Waals surface area contributed by atoms with Gasteiger partial charge >= 0.3 is 5.97 Å². The predicted molar refractivity (Wildman–Crippen MR) is 90.2 cm³/mol. The molecule has 0 bridgehead atoms. The minimum Gasteiger partial charge on any atom is -0.507 e. The largest absolute Gasteiger partial charge is 0.507 e. The molecule has 1 aromatic carbocycles. The van der Waals surface area contributed by atoms with Crippen molar-refractivity contribution in [3.8, 4) is 5.75 Å². The van der Waals surface area contributed by atoms with Gasteiger partial charge in [0.05, 0.1) is 6.61 Å². The Balaban J connectivity index is 2.10. The number of esters is 1. The van der Waals surface area contributed by atoms with Crippen molar-refractivity contribution in [2.75, 3.05) is 0 Å². The van der Waals surface area contributed by atoms with Crippen LogP contribution in [0.5, 0.6) is 5.75 Å². The molecule has 0 saturated heterocycles. The standard InChI is InChI=1S/C19H20O7/c1-10-13-4-5-14(21)17(23)19(13,25)6-2-3-12-7-11(9-20)8-15(22)16(12)18(24)26-10/h2-3,7-8,10,13,20,22,25H,4-6,9H2,1H3/t10-,13?,19+/m0/s1. The van der Waals surface area contributed by atoms with E-state index in [-0.39, 0.29) is 37.2 Å². The van der Waals surface area contributed by atoms with Crippen LogP contribution in [-0.2, 0) is 20.9 Å². The van der Waals surface area contributed by atoms with Gasteiger partial charge in [-0.05, 0) is 36.6 Å². The molecule has 3 rings (SSSR count). The second kappa shape index (κ2) is 6.66. The van der Waals surface area contributed by atoms with Crippen LogP contribution in [0.2, 0.25) is 0 Å². The third kappa shape index (κ3) is 2.93. The Morgan fingerprint density at radius 2 is 2.00 bits per heavy atom. The Morgan fingerprint density at radius 3 is 2.69 bits per heavy atom. The number of rotatable bonds is 1. The van der Waals surface area contributed by atoms with Crippen LogP contribution in [0.3, 0.4) is 0 Å². The molecule has 1 fully saturated rings. The molecule has 7 nitrogen and oxygen atoms in total. The lowest BCUT2D eigenvalue weighted by Gasteiger charge is -2.40. The molecule has 138 valence electrons. The summed E-state index contributed by atoms with van der Waals surface area (Å²) in [5.41, 5.74) is -1.29. The number of phenols is 1. The van der Waals surface area contributed by atoms with Gasteiger partial charge in [-0.25, -0.2) is 4.79 Å². The molecule has 3 atom stereocenters. The first-order chi connectivity index (χ1) is 12.3. The number of carbonyl (C=O) groups is 3. The first kappa shape index (κ1) is 18.3. The number of phenolic OH excluding ortho intramolecular Hbond substituents is 1. The van der Waals surface area contributed by atoms with E-state index in [0.717, 1.165) is 0 Å². The van der Waals surface area contributed by atoms with Gasteiger partial charge in [-0.1, -0.05) is 12.2 Å². The maximum Gasteiger partial charge on any atom is 0.342 e. The highest BCUT2D eigenvalue weighted by Crippen LogP contribution is 2.38. The Hall–Kier alpha value is -2.51. The quantitative estimate of drug-likeness (QED) is 0.507. The molecule has 1 unspecified atom stereocenters. The van der Waals surface area contributed by atoms with Crippen LogP contribution in [-0.4, -0.2) is 44.6 Å². The lowest BCUT2D eigenvalue weighted by molar-refractivity contribution is -0.162.